The summed E-state index contributed by atoms with van der Waals surface area (Å²) in [6, 6.07) is 0. The standard InChI is InChI=1S/C8H12N6/c1-6-8(9)11-12-14(6)5-7-3-10-13(2)4-7/h3-4H,5,9H2,1-2H3. The molecule has 0 bridgehead atoms. The van der Waals surface area contributed by atoms with Gasteiger partial charge in [-0.1, -0.05) is 5.21 Å². The maximum absolute atomic E-state index is 5.58. The summed E-state index contributed by atoms with van der Waals surface area (Å²) in [4.78, 5) is 0. The van der Waals surface area contributed by atoms with Crippen LogP contribution in [0.4, 0.5) is 5.82 Å². The van der Waals surface area contributed by atoms with Gasteiger partial charge in [0.2, 0.25) is 0 Å². The Balaban J connectivity index is 2.22. The Hall–Kier alpha value is -1.85. The number of aromatic nitrogens is 5. The Morgan fingerprint density at radius 3 is 2.79 bits per heavy atom. The number of nitrogens with two attached hydrogens (primary N) is 1. The number of nitrogen functional groups attached to an aromatic ring is 1. The summed E-state index contributed by atoms with van der Waals surface area (Å²) in [7, 11) is 1.88. The van der Waals surface area contributed by atoms with E-state index in [1.807, 2.05) is 20.2 Å². The SMILES string of the molecule is Cc1c(N)nnn1Cc1cnn(C)c1. The second-order valence-electron chi connectivity index (χ2n) is 3.24. The Kier molecular flexibility index (Phi) is 1.95. The monoisotopic (exact) mass is 192 g/mol. The van der Waals surface area contributed by atoms with E-state index in [0.29, 0.717) is 12.4 Å². The van der Waals surface area contributed by atoms with Gasteiger partial charge in [-0.3, -0.25) is 4.68 Å². The highest BCUT2D eigenvalue weighted by molar-refractivity contribution is 5.31. The number of anilines is 1. The van der Waals surface area contributed by atoms with Crippen LogP contribution in [0.2, 0.25) is 0 Å². The first-order chi connectivity index (χ1) is 6.66. The predicted octanol–water partition coefficient (Wildman–Crippen LogP) is -0.0495. The third-order valence-electron chi connectivity index (χ3n) is 2.11. The minimum atomic E-state index is 0.480. The summed E-state index contributed by atoms with van der Waals surface area (Å²) in [6.45, 7) is 2.55. The molecule has 14 heavy (non-hydrogen) atoms. The van der Waals surface area contributed by atoms with Crippen molar-refractivity contribution < 1.29 is 0 Å². The van der Waals surface area contributed by atoms with Crippen molar-refractivity contribution in [3.8, 4) is 0 Å². The highest BCUT2D eigenvalue weighted by atomic mass is 15.4. The molecule has 6 heteroatoms. The van der Waals surface area contributed by atoms with E-state index >= 15 is 0 Å². The number of hydrogen-bond donors (Lipinski definition) is 1. The molecule has 0 saturated carbocycles. The molecule has 0 amide bonds. The van der Waals surface area contributed by atoms with Crippen molar-refractivity contribution in [2.24, 2.45) is 7.05 Å². The molecular weight excluding hydrogens is 180 g/mol. The van der Waals surface area contributed by atoms with Crippen LogP contribution in [0.25, 0.3) is 0 Å². The van der Waals surface area contributed by atoms with E-state index in [2.05, 4.69) is 15.4 Å². The summed E-state index contributed by atoms with van der Waals surface area (Å²) >= 11 is 0. The van der Waals surface area contributed by atoms with Crippen LogP contribution in [-0.4, -0.2) is 24.8 Å². The molecule has 0 saturated heterocycles. The quantitative estimate of drug-likeness (QED) is 0.724. The average molecular weight is 192 g/mol. The summed E-state index contributed by atoms with van der Waals surface area (Å²) in [5.74, 6) is 0.480. The lowest BCUT2D eigenvalue weighted by Crippen LogP contribution is -2.03. The molecule has 0 aliphatic carbocycles. The molecule has 0 unspecified atom stereocenters. The van der Waals surface area contributed by atoms with E-state index in [1.165, 1.54) is 0 Å². The van der Waals surface area contributed by atoms with Crippen LogP contribution in [-0.2, 0) is 13.6 Å². The Bertz CT molecular complexity index is 440. The van der Waals surface area contributed by atoms with Gasteiger partial charge in [0.15, 0.2) is 5.82 Å². The smallest absolute Gasteiger partial charge is 0.168 e. The first kappa shape index (κ1) is 8.74. The molecule has 2 aromatic heterocycles. The van der Waals surface area contributed by atoms with E-state index in [1.54, 1.807) is 15.6 Å². The molecule has 2 aromatic rings. The van der Waals surface area contributed by atoms with Gasteiger partial charge < -0.3 is 5.73 Å². The first-order valence-corrected chi connectivity index (χ1v) is 4.30. The van der Waals surface area contributed by atoms with Crippen LogP contribution in [0.5, 0.6) is 0 Å². The second kappa shape index (κ2) is 3.13. The average Bonchev–Trinajstić information content (AvgIpc) is 2.67. The fourth-order valence-corrected chi connectivity index (χ4v) is 1.25. The molecule has 0 aliphatic rings. The molecule has 0 fully saturated rings. The van der Waals surface area contributed by atoms with E-state index in [9.17, 15) is 0 Å². The van der Waals surface area contributed by atoms with Crippen LogP contribution in [0.1, 0.15) is 11.3 Å². The van der Waals surface area contributed by atoms with Crippen LogP contribution in [0.15, 0.2) is 12.4 Å². The molecule has 2 N–H and O–H groups in total. The Morgan fingerprint density at radius 2 is 2.29 bits per heavy atom. The summed E-state index contributed by atoms with van der Waals surface area (Å²) in [5, 5.41) is 11.8. The first-order valence-electron chi connectivity index (χ1n) is 4.30. The molecule has 6 nitrogen and oxygen atoms in total. The second-order valence-corrected chi connectivity index (χ2v) is 3.24. The summed E-state index contributed by atoms with van der Waals surface area (Å²) in [6.07, 6.45) is 3.74. The number of aryl methyl sites for hydroxylation is 1. The number of hydrogen-bond acceptors (Lipinski definition) is 4. The fourth-order valence-electron chi connectivity index (χ4n) is 1.25. The molecule has 74 valence electrons. The van der Waals surface area contributed by atoms with Gasteiger partial charge in [0.05, 0.1) is 18.4 Å². The largest absolute Gasteiger partial charge is 0.381 e. The highest BCUT2D eigenvalue weighted by Gasteiger charge is 2.05. The zero-order valence-corrected chi connectivity index (χ0v) is 8.18. The third-order valence-corrected chi connectivity index (χ3v) is 2.11. The molecule has 0 aromatic carbocycles. The lowest BCUT2D eigenvalue weighted by molar-refractivity contribution is 0.633. The van der Waals surface area contributed by atoms with Crippen molar-refractivity contribution in [3.05, 3.63) is 23.7 Å². The fraction of sp³-hybridized carbons (Fsp3) is 0.375. The van der Waals surface area contributed by atoms with Gasteiger partial charge in [-0.05, 0) is 6.92 Å². The van der Waals surface area contributed by atoms with Crippen molar-refractivity contribution in [2.75, 3.05) is 5.73 Å². The van der Waals surface area contributed by atoms with Gasteiger partial charge >= 0.3 is 0 Å². The van der Waals surface area contributed by atoms with E-state index in [4.69, 9.17) is 5.73 Å². The van der Waals surface area contributed by atoms with Crippen LogP contribution >= 0.6 is 0 Å². The number of nitrogens with zero attached hydrogens (tertiary/aromatic N) is 5. The zero-order chi connectivity index (χ0) is 10.1. The molecule has 2 heterocycles. The Morgan fingerprint density at radius 1 is 1.50 bits per heavy atom. The summed E-state index contributed by atoms with van der Waals surface area (Å²) < 4.78 is 3.51. The van der Waals surface area contributed by atoms with E-state index in [-0.39, 0.29) is 0 Å². The molecule has 0 atom stereocenters. The predicted molar refractivity (Wildman–Crippen MR) is 51.5 cm³/mol. The van der Waals surface area contributed by atoms with E-state index < -0.39 is 0 Å². The molecular formula is C8H12N6. The third kappa shape index (κ3) is 1.46. The lowest BCUT2D eigenvalue weighted by atomic mass is 10.3. The molecule has 0 spiro atoms. The zero-order valence-electron chi connectivity index (χ0n) is 8.18. The van der Waals surface area contributed by atoms with Gasteiger partial charge in [0.1, 0.15) is 0 Å². The number of rotatable bonds is 2. The Labute approximate surface area is 81.3 Å². The lowest BCUT2D eigenvalue weighted by Gasteiger charge is -1.99. The molecule has 0 radical (unpaired) electrons. The van der Waals surface area contributed by atoms with Crippen molar-refractivity contribution in [1.29, 1.82) is 0 Å². The van der Waals surface area contributed by atoms with Crippen molar-refractivity contribution in [2.45, 2.75) is 13.5 Å². The van der Waals surface area contributed by atoms with E-state index in [0.717, 1.165) is 11.3 Å². The van der Waals surface area contributed by atoms with Crippen molar-refractivity contribution in [1.82, 2.24) is 24.8 Å². The van der Waals surface area contributed by atoms with Crippen molar-refractivity contribution >= 4 is 5.82 Å². The summed E-state index contributed by atoms with van der Waals surface area (Å²) in [5.41, 5.74) is 7.55. The van der Waals surface area contributed by atoms with Crippen LogP contribution in [0, 0.1) is 6.92 Å². The molecule has 2 rings (SSSR count). The minimum Gasteiger partial charge on any atom is -0.381 e. The molecule has 0 aliphatic heterocycles. The van der Waals surface area contributed by atoms with Gasteiger partial charge in [-0.25, -0.2) is 4.68 Å². The van der Waals surface area contributed by atoms with Crippen molar-refractivity contribution in [3.63, 3.8) is 0 Å². The van der Waals surface area contributed by atoms with Crippen LogP contribution < -0.4 is 5.73 Å². The maximum atomic E-state index is 5.58. The topological polar surface area (TPSA) is 74.6 Å². The van der Waals surface area contributed by atoms with Gasteiger partial charge in [0.25, 0.3) is 0 Å². The maximum Gasteiger partial charge on any atom is 0.168 e. The normalized spacial score (nSPS) is 10.7. The van der Waals surface area contributed by atoms with Gasteiger partial charge in [-0.2, -0.15) is 5.10 Å². The highest BCUT2D eigenvalue weighted by Crippen LogP contribution is 2.07. The van der Waals surface area contributed by atoms with Gasteiger partial charge in [0, 0.05) is 18.8 Å². The van der Waals surface area contributed by atoms with Gasteiger partial charge in [-0.15, -0.1) is 5.10 Å². The van der Waals surface area contributed by atoms with Crippen LogP contribution in [0.3, 0.4) is 0 Å². The minimum absolute atomic E-state index is 0.480.